The number of aromatic hydroxyl groups is 1. The minimum atomic E-state index is 0.262. The fourth-order valence-corrected chi connectivity index (χ4v) is 1.75. The Balaban J connectivity index is 2.89. The van der Waals surface area contributed by atoms with Gasteiger partial charge in [-0.15, -0.1) is 0 Å². The molecule has 13 heavy (non-hydrogen) atoms. The topological polar surface area (TPSA) is 33.1 Å². The summed E-state index contributed by atoms with van der Waals surface area (Å²) in [5.41, 5.74) is 0.943. The van der Waals surface area contributed by atoms with Crippen LogP contribution in [0, 0.1) is 6.92 Å². The molecule has 0 unspecified atom stereocenters. The number of phenolic OH excluding ortho intramolecular Hbond substituents is 1. The van der Waals surface area contributed by atoms with Crippen LogP contribution in [-0.4, -0.2) is 10.1 Å². The summed E-state index contributed by atoms with van der Waals surface area (Å²) in [7, 11) is 0. The largest absolute Gasteiger partial charge is 0.507 e. The van der Waals surface area contributed by atoms with Gasteiger partial charge >= 0.3 is 0 Å². The third kappa shape index (κ3) is 1.40. The summed E-state index contributed by atoms with van der Waals surface area (Å²) in [6.45, 7) is 1.93. The van der Waals surface area contributed by atoms with Gasteiger partial charge < -0.3 is 5.11 Å². The van der Waals surface area contributed by atoms with E-state index in [9.17, 15) is 5.11 Å². The van der Waals surface area contributed by atoms with Gasteiger partial charge in [0.25, 0.3) is 0 Å². The molecule has 1 heterocycles. The zero-order chi connectivity index (χ0) is 9.42. The molecule has 1 aromatic heterocycles. The van der Waals surface area contributed by atoms with Gasteiger partial charge in [0.2, 0.25) is 0 Å². The summed E-state index contributed by atoms with van der Waals surface area (Å²) in [6, 6.07) is 5.45. The minimum absolute atomic E-state index is 0.262. The van der Waals surface area contributed by atoms with Gasteiger partial charge in [0.1, 0.15) is 5.75 Å². The van der Waals surface area contributed by atoms with Gasteiger partial charge in [-0.25, -0.2) is 0 Å². The Morgan fingerprint density at radius 3 is 2.92 bits per heavy atom. The minimum Gasteiger partial charge on any atom is -0.507 e. The smallest absolute Gasteiger partial charge is 0.130 e. The van der Waals surface area contributed by atoms with Crippen LogP contribution in [0.5, 0.6) is 5.75 Å². The standard InChI is InChI=1S/C10H8BrNO/c1-6-4-8-7(5-12-6)2-3-9(13)10(8)11/h2-5,13H,1H3. The van der Waals surface area contributed by atoms with Crippen molar-refractivity contribution in [2.45, 2.75) is 6.92 Å². The number of aryl methyl sites for hydroxylation is 1. The molecule has 0 radical (unpaired) electrons. The van der Waals surface area contributed by atoms with E-state index in [1.807, 2.05) is 19.1 Å². The van der Waals surface area contributed by atoms with Gasteiger partial charge in [-0.3, -0.25) is 4.98 Å². The van der Waals surface area contributed by atoms with Gasteiger partial charge in [-0.1, -0.05) is 0 Å². The molecule has 0 atom stereocenters. The van der Waals surface area contributed by atoms with Crippen LogP contribution in [0.3, 0.4) is 0 Å². The lowest BCUT2D eigenvalue weighted by molar-refractivity contribution is 0.473. The molecule has 0 saturated heterocycles. The fraction of sp³-hybridized carbons (Fsp3) is 0.100. The summed E-state index contributed by atoms with van der Waals surface area (Å²) in [5.74, 6) is 0.262. The molecule has 0 amide bonds. The molecular formula is C10H8BrNO. The second kappa shape index (κ2) is 3.00. The molecule has 0 saturated carbocycles. The van der Waals surface area contributed by atoms with Crippen LogP contribution in [0.25, 0.3) is 10.8 Å². The molecule has 1 N–H and O–H groups in total. The second-order valence-corrected chi connectivity index (χ2v) is 3.74. The zero-order valence-corrected chi connectivity index (χ0v) is 8.67. The van der Waals surface area contributed by atoms with Gasteiger partial charge in [-0.05, 0) is 41.1 Å². The third-order valence-corrected chi connectivity index (χ3v) is 2.79. The number of rotatable bonds is 0. The SMILES string of the molecule is Cc1cc2c(Br)c(O)ccc2cn1. The van der Waals surface area contributed by atoms with Crippen molar-refractivity contribution in [1.82, 2.24) is 4.98 Å². The van der Waals surface area contributed by atoms with Crippen molar-refractivity contribution in [3.63, 3.8) is 0 Å². The summed E-state index contributed by atoms with van der Waals surface area (Å²) in [5, 5.41) is 11.5. The highest BCUT2D eigenvalue weighted by atomic mass is 79.9. The monoisotopic (exact) mass is 237 g/mol. The summed E-state index contributed by atoms with van der Waals surface area (Å²) >= 11 is 3.34. The molecule has 66 valence electrons. The lowest BCUT2D eigenvalue weighted by Gasteiger charge is -2.02. The van der Waals surface area contributed by atoms with Crippen molar-refractivity contribution >= 4 is 26.7 Å². The van der Waals surface area contributed by atoms with E-state index in [0.29, 0.717) is 0 Å². The average molecular weight is 238 g/mol. The zero-order valence-electron chi connectivity index (χ0n) is 7.08. The highest BCUT2D eigenvalue weighted by Gasteiger charge is 2.03. The Labute approximate surface area is 84.4 Å². The third-order valence-electron chi connectivity index (χ3n) is 1.95. The normalized spacial score (nSPS) is 10.6. The first kappa shape index (κ1) is 8.51. The number of hydrogen-bond donors (Lipinski definition) is 1. The van der Waals surface area contributed by atoms with E-state index in [1.165, 1.54) is 0 Å². The van der Waals surface area contributed by atoms with E-state index < -0.39 is 0 Å². The second-order valence-electron chi connectivity index (χ2n) is 2.95. The molecule has 0 aliphatic carbocycles. The van der Waals surface area contributed by atoms with Gasteiger partial charge in [0, 0.05) is 22.7 Å². The van der Waals surface area contributed by atoms with Gasteiger partial charge in [0.15, 0.2) is 0 Å². The molecule has 0 aliphatic heterocycles. The number of benzene rings is 1. The highest BCUT2D eigenvalue weighted by Crippen LogP contribution is 2.31. The Bertz CT molecular complexity index is 462. The summed E-state index contributed by atoms with van der Waals surface area (Å²) in [6.07, 6.45) is 1.80. The van der Waals surface area contributed by atoms with Crippen LogP contribution in [0.1, 0.15) is 5.69 Å². The molecule has 0 bridgehead atoms. The average Bonchev–Trinajstić information content (AvgIpc) is 2.12. The van der Waals surface area contributed by atoms with Crippen LogP contribution in [-0.2, 0) is 0 Å². The molecule has 2 aromatic rings. The Morgan fingerprint density at radius 1 is 1.38 bits per heavy atom. The lowest BCUT2D eigenvalue weighted by Crippen LogP contribution is -1.82. The van der Waals surface area contributed by atoms with E-state index >= 15 is 0 Å². The van der Waals surface area contributed by atoms with E-state index in [-0.39, 0.29) is 5.75 Å². The van der Waals surface area contributed by atoms with Crippen molar-refractivity contribution in [3.8, 4) is 5.75 Å². The van der Waals surface area contributed by atoms with Crippen molar-refractivity contribution in [2.75, 3.05) is 0 Å². The van der Waals surface area contributed by atoms with E-state index in [0.717, 1.165) is 20.9 Å². The predicted octanol–water partition coefficient (Wildman–Crippen LogP) is 3.01. The fourth-order valence-electron chi connectivity index (χ4n) is 1.27. The number of halogens is 1. The Morgan fingerprint density at radius 2 is 2.15 bits per heavy atom. The Hall–Kier alpha value is -1.09. The van der Waals surface area contributed by atoms with Crippen LogP contribution < -0.4 is 0 Å². The van der Waals surface area contributed by atoms with E-state index in [4.69, 9.17) is 0 Å². The summed E-state index contributed by atoms with van der Waals surface area (Å²) in [4.78, 5) is 4.18. The highest BCUT2D eigenvalue weighted by molar-refractivity contribution is 9.10. The number of pyridine rings is 1. The maximum Gasteiger partial charge on any atom is 0.130 e. The first-order valence-corrected chi connectivity index (χ1v) is 4.71. The van der Waals surface area contributed by atoms with Crippen LogP contribution >= 0.6 is 15.9 Å². The maximum atomic E-state index is 9.44. The number of hydrogen-bond acceptors (Lipinski definition) is 2. The number of fused-ring (bicyclic) bond motifs is 1. The maximum absolute atomic E-state index is 9.44. The predicted molar refractivity (Wildman–Crippen MR) is 55.8 cm³/mol. The van der Waals surface area contributed by atoms with E-state index in [2.05, 4.69) is 20.9 Å². The van der Waals surface area contributed by atoms with Crippen molar-refractivity contribution in [1.29, 1.82) is 0 Å². The van der Waals surface area contributed by atoms with E-state index in [1.54, 1.807) is 12.3 Å². The molecule has 0 spiro atoms. The molecule has 0 fully saturated rings. The van der Waals surface area contributed by atoms with Crippen LogP contribution in [0.2, 0.25) is 0 Å². The quantitative estimate of drug-likeness (QED) is 0.765. The molecule has 0 aliphatic rings. The van der Waals surface area contributed by atoms with Crippen LogP contribution in [0.4, 0.5) is 0 Å². The molecule has 2 nitrogen and oxygen atoms in total. The lowest BCUT2D eigenvalue weighted by atomic mass is 10.1. The molecule has 3 heteroatoms. The first-order valence-electron chi connectivity index (χ1n) is 3.92. The van der Waals surface area contributed by atoms with Crippen molar-refractivity contribution in [3.05, 3.63) is 34.6 Å². The summed E-state index contributed by atoms with van der Waals surface area (Å²) < 4.78 is 0.732. The first-order chi connectivity index (χ1) is 6.18. The number of aromatic nitrogens is 1. The van der Waals surface area contributed by atoms with Crippen LogP contribution in [0.15, 0.2) is 28.9 Å². The number of nitrogens with zero attached hydrogens (tertiary/aromatic N) is 1. The molecule has 1 aromatic carbocycles. The Kier molecular flexibility index (Phi) is 1.96. The van der Waals surface area contributed by atoms with Gasteiger partial charge in [0.05, 0.1) is 4.47 Å². The van der Waals surface area contributed by atoms with Crippen molar-refractivity contribution < 1.29 is 5.11 Å². The molecule has 2 rings (SSSR count). The number of phenols is 1. The van der Waals surface area contributed by atoms with Crippen molar-refractivity contribution in [2.24, 2.45) is 0 Å². The molecular weight excluding hydrogens is 230 g/mol. The van der Waals surface area contributed by atoms with Gasteiger partial charge in [-0.2, -0.15) is 0 Å².